The minimum Gasteiger partial charge on any atom is -0.328 e. The Balaban J connectivity index is 1.84. The first-order valence-corrected chi connectivity index (χ1v) is 7.59. The van der Waals surface area contributed by atoms with Crippen molar-refractivity contribution in [1.82, 2.24) is 24.6 Å². The molecule has 22 heavy (non-hydrogen) atoms. The van der Waals surface area contributed by atoms with Crippen molar-refractivity contribution in [2.45, 2.75) is 45.7 Å². The maximum absolute atomic E-state index is 12.7. The number of hydrogen-bond donors (Lipinski definition) is 0. The molecular formula is C16H21N5O. The van der Waals surface area contributed by atoms with Gasteiger partial charge in [-0.25, -0.2) is 9.97 Å². The Labute approximate surface area is 130 Å². The molecule has 3 heterocycles. The number of carbonyl (C=O) groups is 1. The molecule has 6 nitrogen and oxygen atoms in total. The predicted octanol–water partition coefficient (Wildman–Crippen LogP) is 1.83. The predicted molar refractivity (Wildman–Crippen MR) is 82.0 cm³/mol. The van der Waals surface area contributed by atoms with Crippen molar-refractivity contribution < 1.29 is 4.79 Å². The molecule has 1 amide bonds. The van der Waals surface area contributed by atoms with Crippen LogP contribution in [0.2, 0.25) is 0 Å². The van der Waals surface area contributed by atoms with Gasteiger partial charge in [-0.1, -0.05) is 0 Å². The van der Waals surface area contributed by atoms with Crippen LogP contribution in [0.25, 0.3) is 0 Å². The Bertz CT molecular complexity index is 695. The van der Waals surface area contributed by atoms with Gasteiger partial charge in [0.15, 0.2) is 5.82 Å². The van der Waals surface area contributed by atoms with Gasteiger partial charge in [0.05, 0.1) is 11.7 Å². The maximum Gasteiger partial charge on any atom is 0.245 e. The minimum absolute atomic E-state index is 0.0632. The van der Waals surface area contributed by atoms with Crippen molar-refractivity contribution in [2.75, 3.05) is 6.54 Å². The summed E-state index contributed by atoms with van der Waals surface area (Å²) in [6, 6.07) is 1.88. The first-order valence-electron chi connectivity index (χ1n) is 7.59. The minimum atomic E-state index is -0.425. The van der Waals surface area contributed by atoms with Gasteiger partial charge in [-0.3, -0.25) is 9.48 Å². The van der Waals surface area contributed by atoms with E-state index in [9.17, 15) is 4.79 Å². The zero-order chi connectivity index (χ0) is 15.7. The topological polar surface area (TPSA) is 63.9 Å². The summed E-state index contributed by atoms with van der Waals surface area (Å²) < 4.78 is 1.69. The van der Waals surface area contributed by atoms with E-state index in [4.69, 9.17) is 0 Å². The number of hydrogen-bond acceptors (Lipinski definition) is 4. The van der Waals surface area contributed by atoms with Crippen LogP contribution in [-0.2, 0) is 16.9 Å². The van der Waals surface area contributed by atoms with Crippen LogP contribution in [0.15, 0.2) is 24.7 Å². The van der Waals surface area contributed by atoms with Crippen molar-refractivity contribution in [3.05, 3.63) is 41.7 Å². The second kappa shape index (κ2) is 5.51. The fourth-order valence-corrected chi connectivity index (χ4v) is 3.08. The molecule has 0 unspecified atom stereocenters. The molecule has 2 aromatic rings. The fraction of sp³-hybridized carbons (Fsp3) is 0.500. The third-order valence-electron chi connectivity index (χ3n) is 4.28. The van der Waals surface area contributed by atoms with Crippen molar-refractivity contribution in [3.63, 3.8) is 0 Å². The van der Waals surface area contributed by atoms with Crippen molar-refractivity contribution >= 4 is 5.91 Å². The van der Waals surface area contributed by atoms with Gasteiger partial charge in [0.2, 0.25) is 5.91 Å². The molecule has 0 saturated carbocycles. The summed E-state index contributed by atoms with van der Waals surface area (Å²) in [7, 11) is 0. The average Bonchev–Trinajstić information content (AvgIpc) is 3.06. The van der Waals surface area contributed by atoms with Crippen LogP contribution in [0.3, 0.4) is 0 Å². The molecule has 6 heteroatoms. The SMILES string of the molecule is Cc1cnn(CC(=O)N2CCC[C@@]2(C)c2nccc(C)n2)c1. The second-order valence-electron chi connectivity index (χ2n) is 6.16. The van der Waals surface area contributed by atoms with Gasteiger partial charge >= 0.3 is 0 Å². The quantitative estimate of drug-likeness (QED) is 0.867. The Kier molecular flexibility index (Phi) is 3.68. The number of amides is 1. The zero-order valence-corrected chi connectivity index (χ0v) is 13.3. The third-order valence-corrected chi connectivity index (χ3v) is 4.28. The lowest BCUT2D eigenvalue weighted by molar-refractivity contribution is -0.136. The highest BCUT2D eigenvalue weighted by molar-refractivity contribution is 5.77. The summed E-state index contributed by atoms with van der Waals surface area (Å²) in [6.45, 7) is 6.97. The molecule has 116 valence electrons. The van der Waals surface area contributed by atoms with Gasteiger partial charge in [-0.05, 0) is 45.2 Å². The standard InChI is InChI=1S/C16H21N5O/c1-12-9-18-20(10-12)11-14(22)21-8-4-6-16(21,3)15-17-7-5-13(2)19-15/h5,7,9-10H,4,6,8,11H2,1-3H3/t16-/m0/s1. The number of carbonyl (C=O) groups excluding carboxylic acids is 1. The molecule has 3 rings (SSSR count). The van der Waals surface area contributed by atoms with Gasteiger partial charge in [-0.15, -0.1) is 0 Å². The van der Waals surface area contributed by atoms with E-state index in [1.165, 1.54) is 0 Å². The largest absolute Gasteiger partial charge is 0.328 e. The molecule has 0 N–H and O–H groups in total. The van der Waals surface area contributed by atoms with E-state index in [0.29, 0.717) is 0 Å². The Hall–Kier alpha value is -2.24. The fourth-order valence-electron chi connectivity index (χ4n) is 3.08. The van der Waals surface area contributed by atoms with Crippen molar-refractivity contribution in [3.8, 4) is 0 Å². The van der Waals surface area contributed by atoms with Crippen LogP contribution >= 0.6 is 0 Å². The summed E-state index contributed by atoms with van der Waals surface area (Å²) in [5.41, 5.74) is 1.55. The Morgan fingerprint density at radius 2 is 2.23 bits per heavy atom. The molecule has 0 aromatic carbocycles. The molecule has 2 aromatic heterocycles. The number of aromatic nitrogens is 4. The molecule has 1 atom stereocenters. The van der Waals surface area contributed by atoms with Gasteiger partial charge in [-0.2, -0.15) is 5.10 Å². The van der Waals surface area contributed by atoms with E-state index in [1.54, 1.807) is 17.1 Å². The maximum atomic E-state index is 12.7. The highest BCUT2D eigenvalue weighted by Gasteiger charge is 2.43. The second-order valence-corrected chi connectivity index (χ2v) is 6.16. The molecule has 0 spiro atoms. The first-order chi connectivity index (χ1) is 10.5. The molecule has 1 aliphatic rings. The van der Waals surface area contributed by atoms with Crippen molar-refractivity contribution in [1.29, 1.82) is 0 Å². The third kappa shape index (κ3) is 2.61. The number of likely N-dealkylation sites (tertiary alicyclic amines) is 1. The number of nitrogens with zero attached hydrogens (tertiary/aromatic N) is 5. The van der Waals surface area contributed by atoms with E-state index in [1.807, 2.05) is 31.0 Å². The number of aryl methyl sites for hydroxylation is 2. The zero-order valence-electron chi connectivity index (χ0n) is 13.3. The average molecular weight is 299 g/mol. The molecule has 0 radical (unpaired) electrons. The van der Waals surface area contributed by atoms with Crippen LogP contribution in [0.4, 0.5) is 0 Å². The normalized spacial score (nSPS) is 21.3. The van der Waals surface area contributed by atoms with Crippen LogP contribution in [0.1, 0.15) is 36.8 Å². The first kappa shape index (κ1) is 14.7. The summed E-state index contributed by atoms with van der Waals surface area (Å²) in [5, 5.41) is 4.20. The summed E-state index contributed by atoms with van der Waals surface area (Å²) in [4.78, 5) is 23.6. The van der Waals surface area contributed by atoms with Crippen LogP contribution < -0.4 is 0 Å². The highest BCUT2D eigenvalue weighted by Crippen LogP contribution is 2.36. The van der Waals surface area contributed by atoms with Gasteiger partial charge in [0.25, 0.3) is 0 Å². The van der Waals surface area contributed by atoms with Crippen LogP contribution in [0.5, 0.6) is 0 Å². The van der Waals surface area contributed by atoms with E-state index in [0.717, 1.165) is 36.5 Å². The van der Waals surface area contributed by atoms with E-state index in [2.05, 4.69) is 22.0 Å². The Morgan fingerprint density at radius 1 is 1.41 bits per heavy atom. The van der Waals surface area contributed by atoms with Gasteiger partial charge in [0.1, 0.15) is 6.54 Å². The summed E-state index contributed by atoms with van der Waals surface area (Å²) >= 11 is 0. The molecular weight excluding hydrogens is 278 g/mol. The summed E-state index contributed by atoms with van der Waals surface area (Å²) in [6.07, 6.45) is 7.27. The number of rotatable bonds is 3. The highest BCUT2D eigenvalue weighted by atomic mass is 16.2. The summed E-state index contributed by atoms with van der Waals surface area (Å²) in [5.74, 6) is 0.795. The van der Waals surface area contributed by atoms with Crippen LogP contribution in [0, 0.1) is 13.8 Å². The van der Waals surface area contributed by atoms with E-state index in [-0.39, 0.29) is 12.5 Å². The lowest BCUT2D eigenvalue weighted by Crippen LogP contribution is -2.45. The monoisotopic (exact) mass is 299 g/mol. The van der Waals surface area contributed by atoms with E-state index >= 15 is 0 Å². The lowest BCUT2D eigenvalue weighted by Gasteiger charge is -2.34. The van der Waals surface area contributed by atoms with Gasteiger partial charge in [0, 0.05) is 24.6 Å². The molecule has 0 bridgehead atoms. The molecule has 0 aliphatic carbocycles. The molecule has 1 saturated heterocycles. The lowest BCUT2D eigenvalue weighted by atomic mass is 9.97. The Morgan fingerprint density at radius 3 is 2.91 bits per heavy atom. The smallest absolute Gasteiger partial charge is 0.245 e. The van der Waals surface area contributed by atoms with Crippen LogP contribution in [-0.4, -0.2) is 37.1 Å². The van der Waals surface area contributed by atoms with E-state index < -0.39 is 5.54 Å². The molecule has 1 aliphatic heterocycles. The molecule has 1 fully saturated rings. The van der Waals surface area contributed by atoms with Crippen molar-refractivity contribution in [2.24, 2.45) is 0 Å². The van der Waals surface area contributed by atoms with Gasteiger partial charge < -0.3 is 4.90 Å².